The summed E-state index contributed by atoms with van der Waals surface area (Å²) in [6, 6.07) is 14.4. The van der Waals surface area contributed by atoms with Crippen LogP contribution in [0.15, 0.2) is 53.4 Å². The molecule has 26 heavy (non-hydrogen) atoms. The molecule has 1 aliphatic heterocycles. The zero-order chi connectivity index (χ0) is 18.7. The predicted molar refractivity (Wildman–Crippen MR) is 99.1 cm³/mol. The number of carbonyl (C=O) groups excluding carboxylic acids is 1. The van der Waals surface area contributed by atoms with Crippen LogP contribution in [0.5, 0.6) is 5.75 Å². The van der Waals surface area contributed by atoms with Crippen molar-refractivity contribution in [3.8, 4) is 16.9 Å². The second-order valence-corrected chi connectivity index (χ2v) is 8.27. The molecule has 3 rings (SSSR count). The van der Waals surface area contributed by atoms with Gasteiger partial charge in [0.25, 0.3) is 0 Å². The Labute approximate surface area is 153 Å². The second-order valence-electron chi connectivity index (χ2n) is 6.33. The molecule has 2 aromatic rings. The molecular formula is C19H22N2O4S. The molecule has 2 aromatic carbocycles. The van der Waals surface area contributed by atoms with Crippen LogP contribution in [0.3, 0.4) is 0 Å². The first kappa shape index (κ1) is 18.4. The number of hydrogen-bond donors (Lipinski definition) is 1. The van der Waals surface area contributed by atoms with Crippen molar-refractivity contribution in [2.45, 2.75) is 17.7 Å². The summed E-state index contributed by atoms with van der Waals surface area (Å²) in [7, 11) is -1.95. The molecule has 0 spiro atoms. The van der Waals surface area contributed by atoms with Gasteiger partial charge in [0.2, 0.25) is 15.9 Å². The van der Waals surface area contributed by atoms with E-state index in [0.717, 1.165) is 16.9 Å². The van der Waals surface area contributed by atoms with E-state index in [-0.39, 0.29) is 16.7 Å². The lowest BCUT2D eigenvalue weighted by molar-refractivity contribution is -0.122. The van der Waals surface area contributed by atoms with Gasteiger partial charge in [0.1, 0.15) is 5.75 Å². The minimum absolute atomic E-state index is 0.237. The SMILES string of the molecule is COc1ccc(-c2ccc(S(=O)(=O)N3CCC(C(N)=O)CC3)cc2)cc1. The average Bonchev–Trinajstić information content (AvgIpc) is 2.68. The highest BCUT2D eigenvalue weighted by atomic mass is 32.2. The van der Waals surface area contributed by atoms with Crippen molar-refractivity contribution in [3.05, 3.63) is 48.5 Å². The Morgan fingerprint density at radius 1 is 1.00 bits per heavy atom. The zero-order valence-corrected chi connectivity index (χ0v) is 15.4. The molecule has 0 radical (unpaired) electrons. The number of hydrogen-bond acceptors (Lipinski definition) is 4. The first-order valence-corrected chi connectivity index (χ1v) is 9.90. The van der Waals surface area contributed by atoms with Crippen molar-refractivity contribution >= 4 is 15.9 Å². The molecule has 7 heteroatoms. The summed E-state index contributed by atoms with van der Waals surface area (Å²) in [5.41, 5.74) is 7.22. The van der Waals surface area contributed by atoms with E-state index in [9.17, 15) is 13.2 Å². The largest absolute Gasteiger partial charge is 0.497 e. The Kier molecular flexibility index (Phi) is 5.29. The Morgan fingerprint density at radius 2 is 1.50 bits per heavy atom. The summed E-state index contributed by atoms with van der Waals surface area (Å²) in [6.45, 7) is 0.631. The third-order valence-electron chi connectivity index (χ3n) is 4.77. The fourth-order valence-corrected chi connectivity index (χ4v) is 4.60. The molecule has 138 valence electrons. The molecule has 1 heterocycles. The summed E-state index contributed by atoms with van der Waals surface area (Å²) in [6.07, 6.45) is 0.941. The van der Waals surface area contributed by atoms with Crippen molar-refractivity contribution < 1.29 is 17.9 Å². The van der Waals surface area contributed by atoms with Crippen molar-refractivity contribution in [2.75, 3.05) is 20.2 Å². The van der Waals surface area contributed by atoms with E-state index >= 15 is 0 Å². The van der Waals surface area contributed by atoms with Crippen LogP contribution < -0.4 is 10.5 Å². The Morgan fingerprint density at radius 3 is 1.96 bits per heavy atom. The Hall–Kier alpha value is -2.38. The smallest absolute Gasteiger partial charge is 0.243 e. The quantitative estimate of drug-likeness (QED) is 0.869. The number of nitrogens with zero attached hydrogens (tertiary/aromatic N) is 1. The molecule has 1 fully saturated rings. The van der Waals surface area contributed by atoms with E-state index < -0.39 is 10.0 Å². The first-order chi connectivity index (χ1) is 12.4. The van der Waals surface area contributed by atoms with Gasteiger partial charge in [-0.15, -0.1) is 0 Å². The van der Waals surface area contributed by atoms with Gasteiger partial charge in [-0.1, -0.05) is 24.3 Å². The number of benzene rings is 2. The maximum absolute atomic E-state index is 12.8. The van der Waals surface area contributed by atoms with Crippen LogP contribution in [0.2, 0.25) is 0 Å². The molecule has 0 aromatic heterocycles. The molecule has 2 N–H and O–H groups in total. The molecule has 0 saturated carbocycles. The minimum Gasteiger partial charge on any atom is -0.497 e. The molecule has 0 aliphatic carbocycles. The molecule has 6 nitrogen and oxygen atoms in total. The van der Waals surface area contributed by atoms with Gasteiger partial charge < -0.3 is 10.5 Å². The molecular weight excluding hydrogens is 352 g/mol. The standard InChI is InChI=1S/C19H22N2O4S/c1-25-17-6-2-14(3-7-17)15-4-8-18(9-5-15)26(23,24)21-12-10-16(11-13-21)19(20)22/h2-9,16H,10-13H2,1H3,(H2,20,22). The van der Waals surface area contributed by atoms with E-state index in [1.807, 2.05) is 24.3 Å². The molecule has 1 saturated heterocycles. The molecule has 0 unspecified atom stereocenters. The highest BCUT2D eigenvalue weighted by Gasteiger charge is 2.31. The lowest BCUT2D eigenvalue weighted by atomic mass is 9.98. The summed E-state index contributed by atoms with van der Waals surface area (Å²) < 4.78 is 32.1. The fraction of sp³-hybridized carbons (Fsp3) is 0.316. The molecule has 0 bridgehead atoms. The number of piperidine rings is 1. The van der Waals surface area contributed by atoms with Gasteiger partial charge in [-0.25, -0.2) is 8.42 Å². The molecule has 1 aliphatic rings. The van der Waals surface area contributed by atoms with Gasteiger partial charge in [0.15, 0.2) is 0 Å². The normalized spacial score (nSPS) is 16.3. The van der Waals surface area contributed by atoms with E-state index in [4.69, 9.17) is 10.5 Å². The van der Waals surface area contributed by atoms with Gasteiger partial charge in [-0.05, 0) is 48.2 Å². The predicted octanol–water partition coefficient (Wildman–Crippen LogP) is 2.25. The second kappa shape index (κ2) is 7.47. The van der Waals surface area contributed by atoms with E-state index in [0.29, 0.717) is 25.9 Å². The van der Waals surface area contributed by atoms with Gasteiger partial charge in [0.05, 0.1) is 12.0 Å². The Bertz CT molecular complexity index is 869. The third-order valence-corrected chi connectivity index (χ3v) is 6.68. The number of rotatable bonds is 5. The lowest BCUT2D eigenvalue weighted by Gasteiger charge is -2.29. The van der Waals surface area contributed by atoms with Crippen molar-refractivity contribution in [3.63, 3.8) is 0 Å². The maximum Gasteiger partial charge on any atom is 0.243 e. The topological polar surface area (TPSA) is 89.7 Å². The number of primary amides is 1. The zero-order valence-electron chi connectivity index (χ0n) is 14.6. The summed E-state index contributed by atoms with van der Waals surface area (Å²) in [5, 5.41) is 0. The fourth-order valence-electron chi connectivity index (χ4n) is 3.13. The summed E-state index contributed by atoms with van der Waals surface area (Å²) in [5.74, 6) is 0.178. The third kappa shape index (κ3) is 3.73. The van der Waals surface area contributed by atoms with Gasteiger partial charge in [0, 0.05) is 19.0 Å². The van der Waals surface area contributed by atoms with Crippen LogP contribution in [0.25, 0.3) is 11.1 Å². The molecule has 1 amide bonds. The maximum atomic E-state index is 12.8. The Balaban J connectivity index is 1.75. The van der Waals surface area contributed by atoms with Crippen LogP contribution >= 0.6 is 0 Å². The van der Waals surface area contributed by atoms with Crippen LogP contribution in [0.4, 0.5) is 0 Å². The highest BCUT2D eigenvalue weighted by Crippen LogP contribution is 2.27. The van der Waals surface area contributed by atoms with Crippen LogP contribution in [-0.2, 0) is 14.8 Å². The van der Waals surface area contributed by atoms with E-state index in [1.54, 1.807) is 31.4 Å². The monoisotopic (exact) mass is 374 g/mol. The number of nitrogens with two attached hydrogens (primary N) is 1. The summed E-state index contributed by atoms with van der Waals surface area (Å²) >= 11 is 0. The van der Waals surface area contributed by atoms with Crippen LogP contribution in [-0.4, -0.2) is 38.8 Å². The number of sulfonamides is 1. The molecule has 0 atom stereocenters. The van der Waals surface area contributed by atoms with Crippen LogP contribution in [0, 0.1) is 5.92 Å². The van der Waals surface area contributed by atoms with Gasteiger partial charge >= 0.3 is 0 Å². The number of methoxy groups -OCH3 is 1. The average molecular weight is 374 g/mol. The minimum atomic E-state index is -3.56. The van der Waals surface area contributed by atoms with E-state index in [1.165, 1.54) is 4.31 Å². The van der Waals surface area contributed by atoms with E-state index in [2.05, 4.69) is 0 Å². The van der Waals surface area contributed by atoms with Crippen molar-refractivity contribution in [1.82, 2.24) is 4.31 Å². The van der Waals surface area contributed by atoms with Gasteiger partial charge in [-0.2, -0.15) is 4.31 Å². The van der Waals surface area contributed by atoms with Crippen molar-refractivity contribution in [1.29, 1.82) is 0 Å². The van der Waals surface area contributed by atoms with Gasteiger partial charge in [-0.3, -0.25) is 4.79 Å². The number of carbonyl (C=O) groups is 1. The van der Waals surface area contributed by atoms with Crippen LogP contribution in [0.1, 0.15) is 12.8 Å². The lowest BCUT2D eigenvalue weighted by Crippen LogP contribution is -2.41. The number of ether oxygens (including phenoxy) is 1. The van der Waals surface area contributed by atoms with Crippen molar-refractivity contribution in [2.24, 2.45) is 11.7 Å². The highest BCUT2D eigenvalue weighted by molar-refractivity contribution is 7.89. The summed E-state index contributed by atoms with van der Waals surface area (Å²) in [4.78, 5) is 11.5. The number of amides is 1. The first-order valence-electron chi connectivity index (χ1n) is 8.46.